The summed E-state index contributed by atoms with van der Waals surface area (Å²) in [5, 5.41) is 21.8. The van der Waals surface area contributed by atoms with Gasteiger partial charge in [-0.25, -0.2) is 0 Å². The number of hydrogen-bond donors (Lipinski definition) is 1. The molecule has 106 valence electrons. The van der Waals surface area contributed by atoms with E-state index in [0.717, 1.165) is 5.56 Å². The van der Waals surface area contributed by atoms with Crippen LogP contribution in [0.1, 0.15) is 25.3 Å². The molecular weight excluding hydrogens is 260 g/mol. The summed E-state index contributed by atoms with van der Waals surface area (Å²) in [6.07, 6.45) is 0. The summed E-state index contributed by atoms with van der Waals surface area (Å²) in [7, 11) is 0. The van der Waals surface area contributed by atoms with Gasteiger partial charge >= 0.3 is 0 Å². The molecule has 0 unspecified atom stereocenters. The zero-order valence-corrected chi connectivity index (χ0v) is 11.6. The molecule has 0 radical (unpaired) electrons. The monoisotopic (exact) mass is 276 g/mol. The Morgan fingerprint density at radius 1 is 1.40 bits per heavy atom. The Kier molecular flexibility index (Phi) is 4.09. The van der Waals surface area contributed by atoms with Gasteiger partial charge < -0.3 is 9.73 Å². The zero-order chi connectivity index (χ0) is 14.7. The van der Waals surface area contributed by atoms with Crippen molar-refractivity contribution in [1.29, 1.82) is 0 Å². The minimum absolute atomic E-state index is 0.0486. The number of benzene rings is 1. The Balaban J connectivity index is 2.21. The van der Waals surface area contributed by atoms with Crippen molar-refractivity contribution in [2.75, 3.05) is 0 Å². The van der Waals surface area contributed by atoms with E-state index in [1.165, 1.54) is 12.1 Å². The molecular formula is C13H16N4O3. The maximum Gasteiger partial charge on any atom is 0.269 e. The Morgan fingerprint density at radius 3 is 2.75 bits per heavy atom. The minimum atomic E-state index is -0.428. The highest BCUT2D eigenvalue weighted by Crippen LogP contribution is 2.25. The summed E-state index contributed by atoms with van der Waals surface area (Å²) in [5.74, 6) is 0.865. The lowest BCUT2D eigenvalue weighted by Crippen LogP contribution is -2.21. The molecule has 0 saturated heterocycles. The van der Waals surface area contributed by atoms with Crippen molar-refractivity contribution in [3.05, 3.63) is 39.8 Å². The van der Waals surface area contributed by atoms with E-state index in [1.807, 2.05) is 13.8 Å². The molecule has 7 heteroatoms. The summed E-state index contributed by atoms with van der Waals surface area (Å²) in [6, 6.07) is 4.87. The fraction of sp³-hybridized carbons (Fsp3) is 0.385. The van der Waals surface area contributed by atoms with Crippen LogP contribution in [0.2, 0.25) is 0 Å². The minimum Gasteiger partial charge on any atom is -0.419 e. The van der Waals surface area contributed by atoms with Crippen molar-refractivity contribution in [3.63, 3.8) is 0 Å². The molecule has 2 rings (SSSR count). The summed E-state index contributed by atoms with van der Waals surface area (Å²) in [5.41, 5.74) is 1.48. The molecule has 7 nitrogen and oxygen atoms in total. The van der Waals surface area contributed by atoms with Gasteiger partial charge in [0.25, 0.3) is 5.69 Å². The molecule has 1 aromatic carbocycles. The maximum absolute atomic E-state index is 10.7. The van der Waals surface area contributed by atoms with E-state index in [9.17, 15) is 10.1 Å². The van der Waals surface area contributed by atoms with Gasteiger partial charge in [0.05, 0.1) is 11.5 Å². The zero-order valence-electron chi connectivity index (χ0n) is 11.6. The highest BCUT2D eigenvalue weighted by Gasteiger charge is 2.14. The lowest BCUT2D eigenvalue weighted by molar-refractivity contribution is -0.384. The number of non-ortho nitro benzene ring substituents is 1. The van der Waals surface area contributed by atoms with E-state index in [1.54, 1.807) is 13.0 Å². The molecule has 0 spiro atoms. The van der Waals surface area contributed by atoms with Crippen LogP contribution in [0.3, 0.4) is 0 Å². The van der Waals surface area contributed by atoms with Gasteiger partial charge in [0.2, 0.25) is 11.8 Å². The number of nitrogens with one attached hydrogen (secondary N) is 1. The van der Waals surface area contributed by atoms with Crippen LogP contribution in [0.5, 0.6) is 0 Å². The van der Waals surface area contributed by atoms with Gasteiger partial charge in [-0.05, 0) is 18.6 Å². The van der Waals surface area contributed by atoms with E-state index < -0.39 is 4.92 Å². The SMILES string of the molecule is Cc1cc([N+](=O)[O-])ccc1-c1nnc(CNC(C)C)o1. The molecule has 1 aromatic heterocycles. The first-order valence-electron chi connectivity index (χ1n) is 6.28. The van der Waals surface area contributed by atoms with Crippen molar-refractivity contribution in [1.82, 2.24) is 15.5 Å². The third-order valence-corrected chi connectivity index (χ3v) is 2.78. The van der Waals surface area contributed by atoms with Crippen molar-refractivity contribution >= 4 is 5.69 Å². The summed E-state index contributed by atoms with van der Waals surface area (Å²) < 4.78 is 5.55. The van der Waals surface area contributed by atoms with Gasteiger partial charge in [0.1, 0.15) is 0 Å². The predicted molar refractivity (Wildman–Crippen MR) is 73.1 cm³/mol. The van der Waals surface area contributed by atoms with Gasteiger partial charge in [-0.3, -0.25) is 10.1 Å². The number of nitrogens with zero attached hydrogens (tertiary/aromatic N) is 3. The van der Waals surface area contributed by atoms with Crippen molar-refractivity contribution in [2.24, 2.45) is 0 Å². The molecule has 0 bridgehead atoms. The van der Waals surface area contributed by atoms with E-state index in [2.05, 4.69) is 15.5 Å². The predicted octanol–water partition coefficient (Wildman–Crippen LogP) is 2.45. The standard InChI is InChI=1S/C13H16N4O3/c1-8(2)14-7-12-15-16-13(20-12)11-5-4-10(17(18)19)6-9(11)3/h4-6,8,14H,7H2,1-3H3. The molecule has 0 saturated carbocycles. The molecule has 20 heavy (non-hydrogen) atoms. The largest absolute Gasteiger partial charge is 0.419 e. The second-order valence-corrected chi connectivity index (χ2v) is 4.79. The van der Waals surface area contributed by atoms with Crippen LogP contribution in [0.15, 0.2) is 22.6 Å². The summed E-state index contributed by atoms with van der Waals surface area (Å²) in [4.78, 5) is 10.3. The third kappa shape index (κ3) is 3.18. The first-order valence-corrected chi connectivity index (χ1v) is 6.28. The molecule has 0 amide bonds. The van der Waals surface area contributed by atoms with Gasteiger partial charge in [-0.15, -0.1) is 10.2 Å². The van der Waals surface area contributed by atoms with Gasteiger partial charge in [0, 0.05) is 23.7 Å². The summed E-state index contributed by atoms with van der Waals surface area (Å²) >= 11 is 0. The van der Waals surface area contributed by atoms with Crippen LogP contribution < -0.4 is 5.32 Å². The smallest absolute Gasteiger partial charge is 0.269 e. The van der Waals surface area contributed by atoms with Crippen LogP contribution in [-0.2, 0) is 6.54 Å². The molecule has 1 heterocycles. The molecule has 0 aliphatic carbocycles. The Labute approximate surface area is 116 Å². The van der Waals surface area contributed by atoms with Crippen molar-refractivity contribution < 1.29 is 9.34 Å². The molecule has 1 N–H and O–H groups in total. The van der Waals surface area contributed by atoms with E-state index in [4.69, 9.17) is 4.42 Å². The average molecular weight is 276 g/mol. The fourth-order valence-corrected chi connectivity index (χ4v) is 1.73. The second kappa shape index (κ2) is 5.79. The van der Waals surface area contributed by atoms with E-state index in [-0.39, 0.29) is 5.69 Å². The van der Waals surface area contributed by atoms with Crippen LogP contribution in [0.25, 0.3) is 11.5 Å². The number of aromatic nitrogens is 2. The number of nitro groups is 1. The number of nitro benzene ring substituents is 1. The molecule has 0 fully saturated rings. The van der Waals surface area contributed by atoms with E-state index >= 15 is 0 Å². The molecule has 0 aliphatic heterocycles. The Bertz CT molecular complexity index is 622. The quantitative estimate of drug-likeness (QED) is 0.665. The number of aryl methyl sites for hydroxylation is 1. The third-order valence-electron chi connectivity index (χ3n) is 2.78. The number of hydrogen-bond acceptors (Lipinski definition) is 6. The Morgan fingerprint density at radius 2 is 2.15 bits per heavy atom. The van der Waals surface area contributed by atoms with Gasteiger partial charge in [0.15, 0.2) is 0 Å². The molecule has 2 aromatic rings. The first-order chi connectivity index (χ1) is 9.47. The second-order valence-electron chi connectivity index (χ2n) is 4.79. The topological polar surface area (TPSA) is 94.1 Å². The van der Waals surface area contributed by atoms with Crippen LogP contribution >= 0.6 is 0 Å². The average Bonchev–Trinajstić information content (AvgIpc) is 2.84. The van der Waals surface area contributed by atoms with Crippen molar-refractivity contribution in [3.8, 4) is 11.5 Å². The first kappa shape index (κ1) is 14.1. The Hall–Kier alpha value is -2.28. The van der Waals surface area contributed by atoms with Crippen LogP contribution in [0.4, 0.5) is 5.69 Å². The summed E-state index contributed by atoms with van der Waals surface area (Å²) in [6.45, 7) is 6.32. The van der Waals surface area contributed by atoms with Crippen molar-refractivity contribution in [2.45, 2.75) is 33.4 Å². The molecule has 0 atom stereocenters. The van der Waals surface area contributed by atoms with Crippen LogP contribution in [0, 0.1) is 17.0 Å². The fourth-order valence-electron chi connectivity index (χ4n) is 1.73. The lowest BCUT2D eigenvalue weighted by Gasteiger charge is -2.03. The normalized spacial score (nSPS) is 11.0. The lowest BCUT2D eigenvalue weighted by atomic mass is 10.1. The number of rotatable bonds is 5. The van der Waals surface area contributed by atoms with Gasteiger partial charge in [-0.2, -0.15) is 0 Å². The highest BCUT2D eigenvalue weighted by molar-refractivity contribution is 5.60. The van der Waals surface area contributed by atoms with E-state index in [0.29, 0.717) is 29.9 Å². The highest BCUT2D eigenvalue weighted by atomic mass is 16.6. The maximum atomic E-state index is 10.7. The molecule has 0 aliphatic rings. The van der Waals surface area contributed by atoms with Crippen LogP contribution in [-0.4, -0.2) is 21.2 Å². The van der Waals surface area contributed by atoms with Gasteiger partial charge in [-0.1, -0.05) is 13.8 Å².